The Balaban J connectivity index is 2.42. The third-order valence-electron chi connectivity index (χ3n) is 2.95. The smallest absolute Gasteiger partial charge is 0.354 e. The minimum atomic E-state index is -1.06. The molecule has 0 aliphatic heterocycles. The number of aromatic nitrogens is 1. The molecule has 0 saturated carbocycles. The van der Waals surface area contributed by atoms with Crippen LogP contribution in [0.25, 0.3) is 0 Å². The lowest BCUT2D eigenvalue weighted by Gasteiger charge is -2.04. The highest BCUT2D eigenvalue weighted by atomic mass is 16.4. The number of carbonyl (C=O) groups excluding carboxylic acids is 1. The van der Waals surface area contributed by atoms with E-state index in [1.807, 2.05) is 0 Å². The van der Waals surface area contributed by atoms with Crippen LogP contribution in [-0.2, 0) is 4.79 Å². The Kier molecular flexibility index (Phi) is 6.12. The second-order valence-corrected chi connectivity index (χ2v) is 4.76. The molecular formula is C14H22N2O3. The molecule has 1 rings (SSSR count). The van der Waals surface area contributed by atoms with Crippen LogP contribution in [0.4, 0.5) is 5.69 Å². The monoisotopic (exact) mass is 266 g/mol. The summed E-state index contributed by atoms with van der Waals surface area (Å²) >= 11 is 0. The normalized spacial score (nSPS) is 10.4. The molecule has 5 nitrogen and oxygen atoms in total. The summed E-state index contributed by atoms with van der Waals surface area (Å²) in [5.41, 5.74) is 1.11. The fourth-order valence-electron chi connectivity index (χ4n) is 1.96. The molecule has 0 aliphatic carbocycles. The predicted molar refractivity (Wildman–Crippen MR) is 74.5 cm³/mol. The third-order valence-corrected chi connectivity index (χ3v) is 2.95. The number of carboxylic acids is 1. The van der Waals surface area contributed by atoms with Gasteiger partial charge in [-0.15, -0.1) is 0 Å². The Morgan fingerprint density at radius 2 is 1.95 bits per heavy atom. The summed E-state index contributed by atoms with van der Waals surface area (Å²) in [4.78, 5) is 25.4. The van der Waals surface area contributed by atoms with Crippen molar-refractivity contribution in [2.75, 3.05) is 5.32 Å². The van der Waals surface area contributed by atoms with E-state index in [4.69, 9.17) is 5.11 Å². The summed E-state index contributed by atoms with van der Waals surface area (Å²) in [6.07, 6.45) is 5.84. The number of rotatable bonds is 8. The number of H-pyrrole nitrogens is 1. The number of amides is 1. The van der Waals surface area contributed by atoms with Crippen molar-refractivity contribution >= 4 is 17.6 Å². The molecule has 5 heteroatoms. The van der Waals surface area contributed by atoms with Gasteiger partial charge < -0.3 is 15.4 Å². The lowest BCUT2D eigenvalue weighted by molar-refractivity contribution is -0.116. The molecule has 1 aromatic rings. The molecule has 0 radical (unpaired) electrons. The number of aromatic carboxylic acids is 1. The lowest BCUT2D eigenvalue weighted by atomic mass is 10.1. The molecule has 1 aromatic heterocycles. The number of aryl methyl sites for hydroxylation is 1. The van der Waals surface area contributed by atoms with Crippen LogP contribution in [0.1, 0.15) is 61.6 Å². The number of unbranched alkanes of at least 4 members (excludes halogenated alkanes) is 4. The number of aromatic amines is 1. The van der Waals surface area contributed by atoms with Crippen molar-refractivity contribution in [3.8, 4) is 0 Å². The first-order valence-corrected chi connectivity index (χ1v) is 6.77. The molecule has 0 fully saturated rings. The van der Waals surface area contributed by atoms with Crippen LogP contribution in [0.5, 0.6) is 0 Å². The highest BCUT2D eigenvalue weighted by Gasteiger charge is 2.14. The molecule has 0 spiro atoms. The van der Waals surface area contributed by atoms with Crippen LogP contribution in [0.3, 0.4) is 0 Å². The van der Waals surface area contributed by atoms with E-state index in [0.717, 1.165) is 25.0 Å². The Hall–Kier alpha value is -1.78. The summed E-state index contributed by atoms with van der Waals surface area (Å²) in [6, 6.07) is 1.64. The van der Waals surface area contributed by atoms with Gasteiger partial charge in [-0.3, -0.25) is 4.79 Å². The molecule has 0 bridgehead atoms. The fraction of sp³-hybridized carbons (Fsp3) is 0.571. The zero-order valence-corrected chi connectivity index (χ0v) is 11.6. The average molecular weight is 266 g/mol. The van der Waals surface area contributed by atoms with Crippen molar-refractivity contribution in [3.05, 3.63) is 17.5 Å². The van der Waals surface area contributed by atoms with Gasteiger partial charge in [-0.1, -0.05) is 32.6 Å². The Morgan fingerprint density at radius 1 is 1.26 bits per heavy atom. The number of hydrogen-bond acceptors (Lipinski definition) is 2. The van der Waals surface area contributed by atoms with Gasteiger partial charge >= 0.3 is 5.97 Å². The SMILES string of the molecule is CCCCCCCC(=O)Nc1cc(C)[nH]c1C(=O)O. The molecule has 0 saturated heterocycles. The molecule has 19 heavy (non-hydrogen) atoms. The first-order valence-electron chi connectivity index (χ1n) is 6.77. The topological polar surface area (TPSA) is 82.2 Å². The van der Waals surface area contributed by atoms with Gasteiger partial charge in [0.25, 0.3) is 0 Å². The molecule has 3 N–H and O–H groups in total. The van der Waals surface area contributed by atoms with Crippen molar-refractivity contribution in [2.45, 2.75) is 52.4 Å². The second kappa shape index (κ2) is 7.61. The first-order chi connectivity index (χ1) is 9.04. The summed E-state index contributed by atoms with van der Waals surface area (Å²) in [5.74, 6) is -1.19. The van der Waals surface area contributed by atoms with Crippen molar-refractivity contribution in [1.82, 2.24) is 4.98 Å². The van der Waals surface area contributed by atoms with Crippen LogP contribution in [-0.4, -0.2) is 22.0 Å². The molecule has 0 unspecified atom stereocenters. The van der Waals surface area contributed by atoms with E-state index in [2.05, 4.69) is 17.2 Å². The summed E-state index contributed by atoms with van der Waals surface area (Å²) in [6.45, 7) is 3.90. The van der Waals surface area contributed by atoms with E-state index in [1.54, 1.807) is 13.0 Å². The Morgan fingerprint density at radius 3 is 2.58 bits per heavy atom. The highest BCUT2D eigenvalue weighted by molar-refractivity contribution is 5.99. The maximum atomic E-state index is 11.7. The molecule has 0 aromatic carbocycles. The lowest BCUT2D eigenvalue weighted by Crippen LogP contribution is -2.13. The number of hydrogen-bond donors (Lipinski definition) is 3. The summed E-state index contributed by atoms with van der Waals surface area (Å²) in [5, 5.41) is 11.6. The van der Waals surface area contributed by atoms with Gasteiger partial charge in [-0.2, -0.15) is 0 Å². The minimum Gasteiger partial charge on any atom is -0.477 e. The van der Waals surface area contributed by atoms with Gasteiger partial charge in [0, 0.05) is 12.1 Å². The molecular weight excluding hydrogens is 244 g/mol. The highest BCUT2D eigenvalue weighted by Crippen LogP contribution is 2.17. The van der Waals surface area contributed by atoms with Crippen molar-refractivity contribution in [2.24, 2.45) is 0 Å². The third kappa shape index (κ3) is 5.16. The van der Waals surface area contributed by atoms with E-state index >= 15 is 0 Å². The summed E-state index contributed by atoms with van der Waals surface area (Å²) < 4.78 is 0. The fourth-order valence-corrected chi connectivity index (χ4v) is 1.96. The Labute approximate surface area is 113 Å². The molecule has 0 aliphatic rings. The van der Waals surface area contributed by atoms with Gasteiger partial charge in [-0.05, 0) is 19.4 Å². The first kappa shape index (κ1) is 15.3. The minimum absolute atomic E-state index is 0.0387. The van der Waals surface area contributed by atoms with Crippen molar-refractivity contribution < 1.29 is 14.7 Å². The largest absolute Gasteiger partial charge is 0.477 e. The quantitative estimate of drug-likeness (QED) is 0.631. The van der Waals surface area contributed by atoms with Crippen LogP contribution in [0.15, 0.2) is 6.07 Å². The van der Waals surface area contributed by atoms with Crippen molar-refractivity contribution in [3.63, 3.8) is 0 Å². The number of carboxylic acid groups (broad SMARTS) is 1. The summed E-state index contributed by atoms with van der Waals surface area (Å²) in [7, 11) is 0. The predicted octanol–water partition coefficient (Wildman–Crippen LogP) is 3.32. The zero-order chi connectivity index (χ0) is 14.3. The van der Waals surface area contributed by atoms with Crippen molar-refractivity contribution in [1.29, 1.82) is 0 Å². The van der Waals surface area contributed by atoms with E-state index in [1.165, 1.54) is 12.8 Å². The molecule has 1 amide bonds. The maximum Gasteiger partial charge on any atom is 0.354 e. The zero-order valence-electron chi connectivity index (χ0n) is 11.6. The van der Waals surface area contributed by atoms with Crippen LogP contribution in [0.2, 0.25) is 0 Å². The number of carbonyl (C=O) groups is 2. The van der Waals surface area contributed by atoms with Gasteiger partial charge in [-0.25, -0.2) is 4.79 Å². The molecule has 0 atom stereocenters. The van der Waals surface area contributed by atoms with Crippen LogP contribution >= 0.6 is 0 Å². The van der Waals surface area contributed by atoms with Gasteiger partial charge in [0.1, 0.15) is 5.69 Å². The van der Waals surface area contributed by atoms with E-state index in [0.29, 0.717) is 12.1 Å². The van der Waals surface area contributed by atoms with Gasteiger partial charge in [0.05, 0.1) is 5.69 Å². The van der Waals surface area contributed by atoms with E-state index < -0.39 is 5.97 Å². The van der Waals surface area contributed by atoms with E-state index in [-0.39, 0.29) is 11.6 Å². The molecule has 106 valence electrons. The van der Waals surface area contributed by atoms with Gasteiger partial charge in [0.15, 0.2) is 0 Å². The molecule has 1 heterocycles. The van der Waals surface area contributed by atoms with Crippen LogP contribution in [0, 0.1) is 6.92 Å². The standard InChI is InChI=1S/C14H22N2O3/c1-3-4-5-6-7-8-12(17)16-11-9-10(2)15-13(11)14(18)19/h9,15H,3-8H2,1-2H3,(H,16,17)(H,18,19). The second-order valence-electron chi connectivity index (χ2n) is 4.76. The number of anilines is 1. The number of nitrogens with one attached hydrogen (secondary N) is 2. The Bertz CT molecular complexity index is 438. The average Bonchev–Trinajstić information content (AvgIpc) is 2.70. The van der Waals surface area contributed by atoms with E-state index in [9.17, 15) is 9.59 Å². The maximum absolute atomic E-state index is 11.7. The van der Waals surface area contributed by atoms with Crippen LogP contribution < -0.4 is 5.32 Å². The van der Waals surface area contributed by atoms with Gasteiger partial charge in [0.2, 0.25) is 5.91 Å².